The van der Waals surface area contributed by atoms with Crippen molar-refractivity contribution in [1.29, 1.82) is 0 Å². The second-order valence-electron chi connectivity index (χ2n) is 8.23. The third-order valence-electron chi connectivity index (χ3n) is 5.51. The van der Waals surface area contributed by atoms with Crippen molar-refractivity contribution in [2.75, 3.05) is 50.6 Å². The second kappa shape index (κ2) is 10.5. The summed E-state index contributed by atoms with van der Waals surface area (Å²) < 4.78 is 38.4. The Morgan fingerprint density at radius 2 is 1.68 bits per heavy atom. The Morgan fingerprint density at radius 1 is 1.03 bits per heavy atom. The zero-order valence-electron chi connectivity index (χ0n) is 18.9. The van der Waals surface area contributed by atoms with E-state index >= 15 is 0 Å². The maximum Gasteiger partial charge on any atom is 0.255 e. The fourth-order valence-corrected chi connectivity index (χ4v) is 5.01. The van der Waals surface area contributed by atoms with Crippen LogP contribution in [-0.4, -0.2) is 71.1 Å². The van der Waals surface area contributed by atoms with Gasteiger partial charge in [0.25, 0.3) is 5.91 Å². The summed E-state index contributed by atoms with van der Waals surface area (Å²) in [5.41, 5.74) is 1.30. The first kappa shape index (κ1) is 24.1. The molecule has 1 saturated carbocycles. The largest absolute Gasteiger partial charge is 0.495 e. The van der Waals surface area contributed by atoms with E-state index in [1.54, 1.807) is 24.3 Å². The number of nitrogens with one attached hydrogen (secondary N) is 3. The molecular formula is C23H28N4O6S. The van der Waals surface area contributed by atoms with Crippen LogP contribution in [0.15, 0.2) is 47.4 Å². The number of carbonyl (C=O) groups excluding carboxylic acids is 2. The van der Waals surface area contributed by atoms with E-state index in [4.69, 9.17) is 9.47 Å². The van der Waals surface area contributed by atoms with Gasteiger partial charge in [0.2, 0.25) is 15.9 Å². The van der Waals surface area contributed by atoms with Gasteiger partial charge in [-0.3, -0.25) is 14.5 Å². The van der Waals surface area contributed by atoms with E-state index in [2.05, 4.69) is 15.4 Å². The van der Waals surface area contributed by atoms with E-state index in [1.165, 1.54) is 25.3 Å². The van der Waals surface area contributed by atoms with Crippen LogP contribution in [0.1, 0.15) is 23.2 Å². The number of ether oxygens (including phenoxy) is 2. The van der Waals surface area contributed by atoms with Crippen molar-refractivity contribution in [2.24, 2.45) is 0 Å². The predicted octanol–water partition coefficient (Wildman–Crippen LogP) is 1.66. The van der Waals surface area contributed by atoms with Crippen molar-refractivity contribution >= 4 is 33.2 Å². The number of carbonyl (C=O) groups is 2. The number of methoxy groups -OCH3 is 1. The van der Waals surface area contributed by atoms with E-state index in [1.807, 2.05) is 4.90 Å². The van der Waals surface area contributed by atoms with Gasteiger partial charge in [-0.2, -0.15) is 0 Å². The van der Waals surface area contributed by atoms with Crippen molar-refractivity contribution in [3.63, 3.8) is 0 Å². The Kier molecular flexibility index (Phi) is 7.47. The lowest BCUT2D eigenvalue weighted by molar-refractivity contribution is -0.118. The molecule has 1 aliphatic carbocycles. The molecular weight excluding hydrogens is 460 g/mol. The summed E-state index contributed by atoms with van der Waals surface area (Å²) in [5.74, 6) is -0.415. The van der Waals surface area contributed by atoms with Crippen molar-refractivity contribution < 1.29 is 27.5 Å². The Balaban J connectivity index is 1.38. The number of hydrogen-bond donors (Lipinski definition) is 3. The average molecular weight is 489 g/mol. The van der Waals surface area contributed by atoms with E-state index in [0.717, 1.165) is 25.9 Å². The molecule has 0 unspecified atom stereocenters. The highest BCUT2D eigenvalue weighted by Crippen LogP contribution is 2.28. The molecule has 34 heavy (non-hydrogen) atoms. The standard InChI is InChI=1S/C23H28N4O6S/c1-32-20-9-2-16(14-21(20)34(30,31)26-19-7-8-19)23(29)25-18-5-3-17(4-6-18)24-22(28)15-27-10-12-33-13-11-27/h2-6,9,14,19,26H,7-8,10-13,15H2,1H3,(H,24,28)(H,25,29). The Labute approximate surface area is 198 Å². The second-order valence-corrected chi connectivity index (χ2v) is 9.91. The van der Waals surface area contributed by atoms with Crippen molar-refractivity contribution in [3.05, 3.63) is 48.0 Å². The number of benzene rings is 2. The third kappa shape index (κ3) is 6.32. The SMILES string of the molecule is COc1ccc(C(=O)Nc2ccc(NC(=O)CN3CCOCC3)cc2)cc1S(=O)(=O)NC1CC1. The summed E-state index contributed by atoms with van der Waals surface area (Å²) in [6.07, 6.45) is 1.59. The number of sulfonamides is 1. The summed E-state index contributed by atoms with van der Waals surface area (Å²) in [5, 5.41) is 5.58. The molecule has 2 amide bonds. The molecule has 4 rings (SSSR count). The van der Waals surface area contributed by atoms with E-state index in [-0.39, 0.29) is 28.2 Å². The number of morpholine rings is 1. The van der Waals surface area contributed by atoms with Gasteiger partial charge in [0.05, 0.1) is 26.9 Å². The lowest BCUT2D eigenvalue weighted by Crippen LogP contribution is -2.41. The molecule has 2 fully saturated rings. The van der Waals surface area contributed by atoms with Crippen LogP contribution in [0.4, 0.5) is 11.4 Å². The van der Waals surface area contributed by atoms with E-state index < -0.39 is 15.9 Å². The zero-order chi connectivity index (χ0) is 24.1. The van der Waals surface area contributed by atoms with Gasteiger partial charge in [-0.1, -0.05) is 0 Å². The van der Waals surface area contributed by atoms with Gasteiger partial charge < -0.3 is 20.1 Å². The van der Waals surface area contributed by atoms with Crippen molar-refractivity contribution in [2.45, 2.75) is 23.8 Å². The normalized spacial score (nSPS) is 16.6. The molecule has 1 aliphatic heterocycles. The van der Waals surface area contributed by atoms with Gasteiger partial charge in [-0.15, -0.1) is 0 Å². The molecule has 10 nitrogen and oxygen atoms in total. The van der Waals surface area contributed by atoms with Gasteiger partial charge in [0.1, 0.15) is 10.6 Å². The van der Waals surface area contributed by atoms with Crippen LogP contribution in [-0.2, 0) is 19.6 Å². The Bertz CT molecular complexity index is 1140. The van der Waals surface area contributed by atoms with Crippen LogP contribution in [0.25, 0.3) is 0 Å². The molecule has 182 valence electrons. The summed E-state index contributed by atoms with van der Waals surface area (Å²) in [6.45, 7) is 2.99. The minimum Gasteiger partial charge on any atom is -0.495 e. The fourth-order valence-electron chi connectivity index (χ4n) is 3.52. The summed E-state index contributed by atoms with van der Waals surface area (Å²) in [7, 11) is -2.42. The van der Waals surface area contributed by atoms with Gasteiger partial charge in [-0.05, 0) is 55.3 Å². The average Bonchev–Trinajstić information content (AvgIpc) is 3.64. The maximum absolute atomic E-state index is 12.8. The summed E-state index contributed by atoms with van der Waals surface area (Å²) >= 11 is 0. The van der Waals surface area contributed by atoms with Gasteiger partial charge in [-0.25, -0.2) is 13.1 Å². The minimum absolute atomic E-state index is 0.0694. The van der Waals surface area contributed by atoms with Crippen LogP contribution >= 0.6 is 0 Å². The first-order valence-electron chi connectivity index (χ1n) is 11.1. The van der Waals surface area contributed by atoms with Gasteiger partial charge >= 0.3 is 0 Å². The Morgan fingerprint density at radius 3 is 2.29 bits per heavy atom. The molecule has 1 saturated heterocycles. The first-order chi connectivity index (χ1) is 16.3. The molecule has 1 heterocycles. The van der Waals surface area contributed by atoms with Crippen LogP contribution in [0.3, 0.4) is 0 Å². The highest BCUT2D eigenvalue weighted by Gasteiger charge is 2.30. The third-order valence-corrected chi connectivity index (χ3v) is 7.05. The maximum atomic E-state index is 12.8. The number of anilines is 2. The highest BCUT2D eigenvalue weighted by atomic mass is 32.2. The monoisotopic (exact) mass is 488 g/mol. The lowest BCUT2D eigenvalue weighted by atomic mass is 10.2. The summed E-state index contributed by atoms with van der Waals surface area (Å²) in [4.78, 5) is 26.9. The van der Waals surface area contributed by atoms with Gasteiger partial charge in [0, 0.05) is 36.1 Å². The predicted molar refractivity (Wildman–Crippen MR) is 127 cm³/mol. The van der Waals surface area contributed by atoms with E-state index in [9.17, 15) is 18.0 Å². The highest BCUT2D eigenvalue weighted by molar-refractivity contribution is 7.89. The number of rotatable bonds is 9. The molecule has 0 radical (unpaired) electrons. The van der Waals surface area contributed by atoms with Crippen LogP contribution in [0.2, 0.25) is 0 Å². The molecule has 0 spiro atoms. The molecule has 0 bridgehead atoms. The molecule has 3 N–H and O–H groups in total. The van der Waals surface area contributed by atoms with Gasteiger partial charge in [0.15, 0.2) is 0 Å². The number of nitrogens with zero attached hydrogens (tertiary/aromatic N) is 1. The van der Waals surface area contributed by atoms with Crippen LogP contribution in [0, 0.1) is 0 Å². The first-order valence-corrected chi connectivity index (χ1v) is 12.5. The topological polar surface area (TPSA) is 126 Å². The molecule has 0 aromatic heterocycles. The van der Waals surface area contributed by atoms with Crippen LogP contribution < -0.4 is 20.1 Å². The molecule has 2 aromatic rings. The molecule has 0 atom stereocenters. The smallest absolute Gasteiger partial charge is 0.255 e. The molecule has 2 aliphatic rings. The van der Waals surface area contributed by atoms with Crippen molar-refractivity contribution in [3.8, 4) is 5.75 Å². The molecule has 11 heteroatoms. The molecule has 2 aromatic carbocycles. The van der Waals surface area contributed by atoms with Crippen LogP contribution in [0.5, 0.6) is 5.75 Å². The Hall–Kier alpha value is -2.99. The lowest BCUT2D eigenvalue weighted by Gasteiger charge is -2.25. The fraction of sp³-hybridized carbons (Fsp3) is 0.391. The zero-order valence-corrected chi connectivity index (χ0v) is 19.7. The van der Waals surface area contributed by atoms with Crippen molar-refractivity contribution in [1.82, 2.24) is 9.62 Å². The summed E-state index contributed by atoms with van der Waals surface area (Å²) in [6, 6.07) is 10.9. The number of amides is 2. The number of hydrogen-bond acceptors (Lipinski definition) is 7. The quantitative estimate of drug-likeness (QED) is 0.490. The minimum atomic E-state index is -3.80. The van der Waals surface area contributed by atoms with E-state index in [0.29, 0.717) is 31.1 Å².